The Morgan fingerprint density at radius 1 is 1.38 bits per heavy atom. The minimum Gasteiger partial charge on any atom is -0.353 e. The number of carbonyl (C=O) groups excluding carboxylic acids is 2. The van der Waals surface area contributed by atoms with Gasteiger partial charge in [0.05, 0.1) is 8.66 Å². The first-order valence-corrected chi connectivity index (χ1v) is 9.45. The van der Waals surface area contributed by atoms with Crippen LogP contribution in [0.15, 0.2) is 14.3 Å². The molecule has 116 valence electrons. The van der Waals surface area contributed by atoms with Crippen molar-refractivity contribution < 1.29 is 9.59 Å². The third-order valence-electron chi connectivity index (χ3n) is 3.48. The molecular weight excluding hydrogens is 420 g/mol. The summed E-state index contributed by atoms with van der Waals surface area (Å²) in [6, 6.07) is 2.06. The highest BCUT2D eigenvalue weighted by Gasteiger charge is 2.25. The molecule has 1 N–H and O–H groups in total. The summed E-state index contributed by atoms with van der Waals surface area (Å²) in [4.78, 5) is 26.6. The van der Waals surface area contributed by atoms with Crippen LogP contribution in [0.5, 0.6) is 0 Å². The number of rotatable bonds is 4. The molecule has 21 heavy (non-hydrogen) atoms. The maximum atomic E-state index is 12.4. The third kappa shape index (κ3) is 4.53. The van der Waals surface area contributed by atoms with Gasteiger partial charge in [0.15, 0.2) is 0 Å². The summed E-state index contributed by atoms with van der Waals surface area (Å²) in [6.07, 6.45) is 3.10. The second-order valence-electron chi connectivity index (χ2n) is 5.12. The highest BCUT2D eigenvalue weighted by Crippen LogP contribution is 2.33. The minimum absolute atomic E-state index is 0.0738. The fraction of sp³-hybridized carbons (Fsp3) is 0.571. The van der Waals surface area contributed by atoms with E-state index in [1.807, 2.05) is 17.9 Å². The molecule has 1 fully saturated rings. The van der Waals surface area contributed by atoms with Gasteiger partial charge in [-0.15, -0.1) is 11.3 Å². The van der Waals surface area contributed by atoms with E-state index < -0.39 is 0 Å². The minimum atomic E-state index is 0.0738. The molecule has 2 rings (SSSR count). The molecule has 0 spiro atoms. The lowest BCUT2D eigenvalue weighted by molar-refractivity contribution is -0.122. The fourth-order valence-corrected chi connectivity index (χ4v) is 4.37. The van der Waals surface area contributed by atoms with Crippen molar-refractivity contribution in [1.82, 2.24) is 10.2 Å². The molecule has 4 nitrogen and oxygen atoms in total. The van der Waals surface area contributed by atoms with Gasteiger partial charge in [-0.2, -0.15) is 0 Å². The Kier molecular flexibility index (Phi) is 6.25. The zero-order valence-electron chi connectivity index (χ0n) is 11.8. The van der Waals surface area contributed by atoms with E-state index in [2.05, 4.69) is 37.2 Å². The molecule has 0 saturated carbocycles. The lowest BCUT2D eigenvalue weighted by atomic mass is 10.0. The quantitative estimate of drug-likeness (QED) is 0.778. The van der Waals surface area contributed by atoms with Crippen LogP contribution in [-0.4, -0.2) is 35.8 Å². The molecule has 2 heterocycles. The Morgan fingerprint density at radius 2 is 2.05 bits per heavy atom. The summed E-state index contributed by atoms with van der Waals surface area (Å²) in [7, 11) is 0. The van der Waals surface area contributed by atoms with Crippen LogP contribution in [0.4, 0.5) is 0 Å². The molecule has 1 aromatic rings. The van der Waals surface area contributed by atoms with E-state index in [1.165, 1.54) is 11.3 Å². The Balaban J connectivity index is 1.86. The molecule has 2 amide bonds. The van der Waals surface area contributed by atoms with Gasteiger partial charge in [0.2, 0.25) is 5.91 Å². The molecular formula is C14H18Br2N2O2S. The summed E-state index contributed by atoms with van der Waals surface area (Å²) >= 11 is 8.26. The lowest BCUT2D eigenvalue weighted by Crippen LogP contribution is -2.46. The van der Waals surface area contributed by atoms with Crippen LogP contribution in [-0.2, 0) is 4.79 Å². The number of halogens is 2. The maximum Gasteiger partial charge on any atom is 0.264 e. The molecule has 1 aliphatic heterocycles. The van der Waals surface area contributed by atoms with Crippen molar-refractivity contribution in [2.24, 2.45) is 0 Å². The van der Waals surface area contributed by atoms with E-state index in [4.69, 9.17) is 0 Å². The number of piperidine rings is 1. The standard InChI is InChI=1S/C14H18Br2N2O2S/c1-2-3-12(19)17-9-4-6-18(7-5-9)14(20)11-8-10(15)13(16)21-11/h8-9H,2-7H2,1H3,(H,17,19). The van der Waals surface area contributed by atoms with Crippen LogP contribution in [0.25, 0.3) is 0 Å². The Hall–Kier alpha value is -0.400. The zero-order chi connectivity index (χ0) is 15.4. The van der Waals surface area contributed by atoms with Crippen molar-refractivity contribution in [3.63, 3.8) is 0 Å². The highest BCUT2D eigenvalue weighted by molar-refractivity contribution is 9.13. The predicted molar refractivity (Wildman–Crippen MR) is 91.7 cm³/mol. The van der Waals surface area contributed by atoms with Gasteiger partial charge in [-0.1, -0.05) is 6.92 Å². The van der Waals surface area contributed by atoms with Crippen LogP contribution < -0.4 is 5.32 Å². The molecule has 1 aromatic heterocycles. The molecule has 0 radical (unpaired) electrons. The first kappa shape index (κ1) is 17.0. The molecule has 0 aromatic carbocycles. The van der Waals surface area contributed by atoms with Gasteiger partial charge in [0, 0.05) is 30.0 Å². The zero-order valence-corrected chi connectivity index (χ0v) is 15.8. The average Bonchev–Trinajstić information content (AvgIpc) is 2.79. The monoisotopic (exact) mass is 436 g/mol. The Bertz CT molecular complexity index is 506. The van der Waals surface area contributed by atoms with E-state index in [1.54, 1.807) is 0 Å². The van der Waals surface area contributed by atoms with Gasteiger partial charge in [0.25, 0.3) is 5.91 Å². The summed E-state index contributed by atoms with van der Waals surface area (Å²) < 4.78 is 1.85. The number of likely N-dealkylation sites (tertiary alicyclic amines) is 1. The van der Waals surface area contributed by atoms with Crippen molar-refractivity contribution in [3.05, 3.63) is 19.2 Å². The van der Waals surface area contributed by atoms with Crippen molar-refractivity contribution >= 4 is 55.0 Å². The predicted octanol–water partition coefficient (Wildman–Crippen LogP) is 3.79. The van der Waals surface area contributed by atoms with Crippen LogP contribution in [0.2, 0.25) is 0 Å². The van der Waals surface area contributed by atoms with Crippen molar-refractivity contribution in [2.45, 2.75) is 38.6 Å². The normalized spacial score (nSPS) is 16.0. The summed E-state index contributed by atoms with van der Waals surface area (Å²) in [6.45, 7) is 3.39. The van der Waals surface area contributed by atoms with Crippen LogP contribution in [0.3, 0.4) is 0 Å². The molecule has 0 aliphatic carbocycles. The maximum absolute atomic E-state index is 12.4. The van der Waals surface area contributed by atoms with E-state index in [0.29, 0.717) is 19.5 Å². The summed E-state index contributed by atoms with van der Waals surface area (Å²) in [5.74, 6) is 0.193. The second-order valence-corrected chi connectivity index (χ2v) is 8.34. The first-order valence-electron chi connectivity index (χ1n) is 7.04. The lowest BCUT2D eigenvalue weighted by Gasteiger charge is -2.32. The van der Waals surface area contributed by atoms with E-state index in [-0.39, 0.29) is 17.9 Å². The Morgan fingerprint density at radius 3 is 2.57 bits per heavy atom. The molecule has 1 saturated heterocycles. The molecule has 0 atom stereocenters. The van der Waals surface area contributed by atoms with Gasteiger partial charge < -0.3 is 10.2 Å². The Labute approximate surface area is 145 Å². The molecule has 1 aliphatic rings. The van der Waals surface area contributed by atoms with Gasteiger partial charge >= 0.3 is 0 Å². The molecule has 0 bridgehead atoms. The average molecular weight is 438 g/mol. The second kappa shape index (κ2) is 7.74. The fourth-order valence-electron chi connectivity index (χ4n) is 2.36. The van der Waals surface area contributed by atoms with E-state index in [0.717, 1.165) is 32.4 Å². The largest absolute Gasteiger partial charge is 0.353 e. The van der Waals surface area contributed by atoms with Gasteiger partial charge in [-0.25, -0.2) is 0 Å². The number of carbonyl (C=O) groups is 2. The molecule has 7 heteroatoms. The highest BCUT2D eigenvalue weighted by atomic mass is 79.9. The SMILES string of the molecule is CCCC(=O)NC1CCN(C(=O)c2cc(Br)c(Br)s2)CC1. The number of hydrogen-bond donors (Lipinski definition) is 1. The van der Waals surface area contributed by atoms with Crippen LogP contribution in [0, 0.1) is 0 Å². The van der Waals surface area contributed by atoms with E-state index >= 15 is 0 Å². The van der Waals surface area contributed by atoms with Crippen LogP contribution in [0.1, 0.15) is 42.3 Å². The number of nitrogens with one attached hydrogen (secondary N) is 1. The summed E-state index contributed by atoms with van der Waals surface area (Å²) in [5, 5.41) is 3.04. The van der Waals surface area contributed by atoms with E-state index in [9.17, 15) is 9.59 Å². The topological polar surface area (TPSA) is 49.4 Å². The van der Waals surface area contributed by atoms with Crippen molar-refractivity contribution in [2.75, 3.05) is 13.1 Å². The smallest absolute Gasteiger partial charge is 0.264 e. The van der Waals surface area contributed by atoms with Crippen molar-refractivity contribution in [3.8, 4) is 0 Å². The number of thiophene rings is 1. The van der Waals surface area contributed by atoms with Gasteiger partial charge in [-0.05, 0) is 57.2 Å². The molecule has 0 unspecified atom stereocenters. The third-order valence-corrected chi connectivity index (χ3v) is 6.72. The number of nitrogens with zero attached hydrogens (tertiary/aromatic N) is 1. The van der Waals surface area contributed by atoms with Crippen molar-refractivity contribution in [1.29, 1.82) is 0 Å². The number of hydrogen-bond acceptors (Lipinski definition) is 3. The first-order chi connectivity index (χ1) is 10.0. The van der Waals surface area contributed by atoms with Gasteiger partial charge in [-0.3, -0.25) is 9.59 Å². The van der Waals surface area contributed by atoms with Gasteiger partial charge in [0.1, 0.15) is 0 Å². The van der Waals surface area contributed by atoms with Crippen LogP contribution >= 0.6 is 43.2 Å². The number of amides is 2. The summed E-state index contributed by atoms with van der Waals surface area (Å²) in [5.41, 5.74) is 0.